The Kier molecular flexibility index (Phi) is 4.73. The molecule has 18 heavy (non-hydrogen) atoms. The summed E-state index contributed by atoms with van der Waals surface area (Å²) in [6.45, 7) is 6.74. The molecule has 1 aliphatic rings. The summed E-state index contributed by atoms with van der Waals surface area (Å²) in [5.74, 6) is 1.18. The topological polar surface area (TPSA) is 24.4 Å². The number of aliphatic imine (C=N–C) groups is 1. The molecule has 0 radical (unpaired) electrons. The molecule has 1 aromatic rings. The molecular formula is C14H22N2S2. The minimum atomic E-state index is 0.243. The Morgan fingerprint density at radius 3 is 3.06 bits per heavy atom. The van der Waals surface area contributed by atoms with E-state index in [-0.39, 0.29) is 5.54 Å². The van der Waals surface area contributed by atoms with Gasteiger partial charge in [0.15, 0.2) is 5.17 Å². The monoisotopic (exact) mass is 282 g/mol. The van der Waals surface area contributed by atoms with Crippen molar-refractivity contribution in [3.63, 3.8) is 0 Å². The van der Waals surface area contributed by atoms with Gasteiger partial charge in [-0.3, -0.25) is 4.99 Å². The third-order valence-corrected chi connectivity index (χ3v) is 5.28. The zero-order valence-electron chi connectivity index (χ0n) is 11.4. The van der Waals surface area contributed by atoms with E-state index in [4.69, 9.17) is 4.99 Å². The van der Waals surface area contributed by atoms with Crippen LogP contribution in [0.25, 0.3) is 0 Å². The minimum absolute atomic E-state index is 0.243. The lowest BCUT2D eigenvalue weighted by atomic mass is 9.96. The Morgan fingerprint density at radius 2 is 2.39 bits per heavy atom. The van der Waals surface area contributed by atoms with Crippen molar-refractivity contribution in [2.45, 2.75) is 51.6 Å². The van der Waals surface area contributed by atoms with Gasteiger partial charge in [-0.2, -0.15) is 0 Å². The van der Waals surface area contributed by atoms with E-state index in [0.717, 1.165) is 18.0 Å². The van der Waals surface area contributed by atoms with Crippen LogP contribution >= 0.6 is 23.1 Å². The summed E-state index contributed by atoms with van der Waals surface area (Å²) in [5, 5.41) is 6.88. The van der Waals surface area contributed by atoms with Gasteiger partial charge in [-0.05, 0) is 38.1 Å². The molecule has 1 aliphatic heterocycles. The van der Waals surface area contributed by atoms with Crippen LogP contribution in [0.4, 0.5) is 0 Å². The number of hydrogen-bond acceptors (Lipinski definition) is 3. The second kappa shape index (κ2) is 6.11. The van der Waals surface area contributed by atoms with Gasteiger partial charge in [0.05, 0.1) is 6.04 Å². The highest BCUT2D eigenvalue weighted by molar-refractivity contribution is 8.13. The average Bonchev–Trinajstić information content (AvgIpc) is 2.81. The van der Waals surface area contributed by atoms with Crippen molar-refractivity contribution in [2.75, 3.05) is 5.75 Å². The third kappa shape index (κ3) is 3.75. The van der Waals surface area contributed by atoms with Crippen molar-refractivity contribution >= 4 is 28.3 Å². The molecule has 0 aliphatic carbocycles. The van der Waals surface area contributed by atoms with Gasteiger partial charge in [-0.15, -0.1) is 11.3 Å². The van der Waals surface area contributed by atoms with E-state index in [9.17, 15) is 0 Å². The quantitative estimate of drug-likeness (QED) is 0.905. The number of thioether (sulfide) groups is 1. The first kappa shape index (κ1) is 13.9. The Bertz CT molecular complexity index is 400. The van der Waals surface area contributed by atoms with E-state index >= 15 is 0 Å². The number of rotatable bonds is 4. The van der Waals surface area contributed by atoms with E-state index in [0.29, 0.717) is 6.04 Å². The Labute approximate surface area is 118 Å². The smallest absolute Gasteiger partial charge is 0.157 e. The Balaban J connectivity index is 1.95. The fourth-order valence-electron chi connectivity index (χ4n) is 2.03. The third-order valence-electron chi connectivity index (χ3n) is 3.50. The van der Waals surface area contributed by atoms with Crippen molar-refractivity contribution in [2.24, 2.45) is 4.99 Å². The maximum Gasteiger partial charge on any atom is 0.157 e. The zero-order valence-corrected chi connectivity index (χ0v) is 13.0. The fourth-order valence-corrected chi connectivity index (χ4v) is 4.18. The lowest BCUT2D eigenvalue weighted by Crippen LogP contribution is -2.48. The van der Waals surface area contributed by atoms with Crippen LogP contribution in [0.3, 0.4) is 0 Å². The molecule has 0 bridgehead atoms. The summed E-state index contributed by atoms with van der Waals surface area (Å²) in [5.41, 5.74) is 0.243. The molecule has 100 valence electrons. The lowest BCUT2D eigenvalue weighted by Gasteiger charge is -2.35. The number of nitrogens with one attached hydrogen (secondary N) is 1. The molecule has 0 amide bonds. The first-order valence-corrected chi connectivity index (χ1v) is 8.49. The van der Waals surface area contributed by atoms with Crippen LogP contribution in [0, 0.1) is 0 Å². The van der Waals surface area contributed by atoms with E-state index in [1.165, 1.54) is 17.1 Å². The molecule has 0 aromatic carbocycles. The van der Waals surface area contributed by atoms with Crippen molar-refractivity contribution in [3.8, 4) is 0 Å². The van der Waals surface area contributed by atoms with Crippen molar-refractivity contribution in [1.82, 2.24) is 5.32 Å². The second-order valence-electron chi connectivity index (χ2n) is 5.20. The summed E-state index contributed by atoms with van der Waals surface area (Å²) in [6.07, 6.45) is 3.44. The molecule has 2 rings (SSSR count). The fraction of sp³-hybridized carbons (Fsp3) is 0.643. The van der Waals surface area contributed by atoms with Gasteiger partial charge >= 0.3 is 0 Å². The van der Waals surface area contributed by atoms with E-state index in [1.807, 2.05) is 23.1 Å². The van der Waals surface area contributed by atoms with Gasteiger partial charge in [0.1, 0.15) is 0 Å². The molecule has 1 saturated heterocycles. The first-order chi connectivity index (χ1) is 8.61. The number of amidine groups is 1. The molecule has 2 heterocycles. The van der Waals surface area contributed by atoms with Crippen LogP contribution in [0.1, 0.15) is 38.5 Å². The van der Waals surface area contributed by atoms with Gasteiger partial charge in [0, 0.05) is 22.6 Å². The Hall–Kier alpha value is -0.480. The first-order valence-electron chi connectivity index (χ1n) is 6.62. The molecule has 4 heteroatoms. The SMILES string of the molecule is CCC1(C)CCSC(=NC(C)Cc2cccs2)N1. The van der Waals surface area contributed by atoms with Gasteiger partial charge in [-0.25, -0.2) is 0 Å². The molecular weight excluding hydrogens is 260 g/mol. The molecule has 0 spiro atoms. The molecule has 2 unspecified atom stereocenters. The van der Waals surface area contributed by atoms with E-state index in [1.54, 1.807) is 0 Å². The highest BCUT2D eigenvalue weighted by atomic mass is 32.2. The van der Waals surface area contributed by atoms with E-state index < -0.39 is 0 Å². The molecule has 2 atom stereocenters. The van der Waals surface area contributed by atoms with Gasteiger partial charge in [-0.1, -0.05) is 24.8 Å². The largest absolute Gasteiger partial charge is 0.360 e. The number of nitrogens with zero attached hydrogens (tertiary/aromatic N) is 1. The van der Waals surface area contributed by atoms with Gasteiger partial charge < -0.3 is 5.32 Å². The summed E-state index contributed by atoms with van der Waals surface area (Å²) in [6, 6.07) is 4.67. The average molecular weight is 282 g/mol. The van der Waals surface area contributed by atoms with Crippen molar-refractivity contribution < 1.29 is 0 Å². The summed E-state index contributed by atoms with van der Waals surface area (Å²) in [7, 11) is 0. The molecule has 0 saturated carbocycles. The maximum absolute atomic E-state index is 4.83. The van der Waals surface area contributed by atoms with Gasteiger partial charge in [0.25, 0.3) is 0 Å². The molecule has 1 fully saturated rings. The maximum atomic E-state index is 4.83. The molecule has 1 N–H and O–H groups in total. The van der Waals surface area contributed by atoms with Gasteiger partial charge in [0.2, 0.25) is 0 Å². The van der Waals surface area contributed by atoms with Crippen molar-refractivity contribution in [3.05, 3.63) is 22.4 Å². The molecule has 2 nitrogen and oxygen atoms in total. The van der Waals surface area contributed by atoms with Crippen LogP contribution in [0.5, 0.6) is 0 Å². The summed E-state index contributed by atoms with van der Waals surface area (Å²) in [4.78, 5) is 6.25. The predicted molar refractivity (Wildman–Crippen MR) is 83.8 cm³/mol. The highest BCUT2D eigenvalue weighted by Crippen LogP contribution is 2.25. The Morgan fingerprint density at radius 1 is 1.56 bits per heavy atom. The predicted octanol–water partition coefficient (Wildman–Crippen LogP) is 3.93. The van der Waals surface area contributed by atoms with Crippen LogP contribution in [0.2, 0.25) is 0 Å². The van der Waals surface area contributed by atoms with E-state index in [2.05, 4.69) is 43.6 Å². The minimum Gasteiger partial charge on any atom is -0.360 e. The normalized spacial score (nSPS) is 28.1. The van der Waals surface area contributed by atoms with Crippen LogP contribution in [-0.2, 0) is 6.42 Å². The van der Waals surface area contributed by atoms with Crippen LogP contribution in [0.15, 0.2) is 22.5 Å². The summed E-state index contributed by atoms with van der Waals surface area (Å²) < 4.78 is 0. The zero-order chi connectivity index (χ0) is 13.0. The van der Waals surface area contributed by atoms with Crippen LogP contribution in [-0.4, -0.2) is 22.5 Å². The number of thiophene rings is 1. The second-order valence-corrected chi connectivity index (χ2v) is 7.32. The number of hydrogen-bond donors (Lipinski definition) is 1. The summed E-state index contributed by atoms with van der Waals surface area (Å²) >= 11 is 3.69. The standard InChI is InChI=1S/C14H22N2S2/c1-4-14(3)7-9-18-13(16-14)15-11(2)10-12-6-5-8-17-12/h5-6,8,11H,4,7,9-10H2,1-3H3,(H,15,16). The molecule has 1 aromatic heterocycles. The van der Waals surface area contributed by atoms with Crippen LogP contribution < -0.4 is 5.32 Å². The highest BCUT2D eigenvalue weighted by Gasteiger charge is 2.27. The lowest BCUT2D eigenvalue weighted by molar-refractivity contribution is 0.389. The van der Waals surface area contributed by atoms with Crippen molar-refractivity contribution in [1.29, 1.82) is 0 Å².